The number of benzene rings is 2. The van der Waals surface area contributed by atoms with E-state index in [2.05, 4.69) is 0 Å². The number of para-hydroxylation sites is 1. The van der Waals surface area contributed by atoms with Crippen molar-refractivity contribution < 1.29 is 14.2 Å². The summed E-state index contributed by atoms with van der Waals surface area (Å²) in [5.74, 6) is 0.987. The summed E-state index contributed by atoms with van der Waals surface area (Å²) >= 11 is 1.63. The zero-order chi connectivity index (χ0) is 15.0. The minimum atomic E-state index is -0.966. The number of hydrogen-bond acceptors (Lipinski definition) is 3. The first-order valence-electron chi connectivity index (χ1n) is 6.89. The van der Waals surface area contributed by atoms with Gasteiger partial charge >= 0.3 is 0 Å². The molecule has 0 bridgehead atoms. The molecule has 1 heterocycles. The molecule has 21 heavy (non-hydrogen) atoms. The molecule has 0 spiro atoms. The minimum Gasteiger partial charge on any atom is -0.485 e. The first kappa shape index (κ1) is 14.4. The normalized spacial score (nSPS) is 18.8. The summed E-state index contributed by atoms with van der Waals surface area (Å²) in [4.78, 5) is 1.06. The molecule has 1 aliphatic rings. The molecular formula is C17H17FO2S. The van der Waals surface area contributed by atoms with E-state index in [9.17, 15) is 9.50 Å². The first-order chi connectivity index (χ1) is 10.1. The summed E-state index contributed by atoms with van der Waals surface area (Å²) in [7, 11) is 0. The third kappa shape index (κ3) is 2.78. The van der Waals surface area contributed by atoms with Gasteiger partial charge in [-0.2, -0.15) is 0 Å². The molecular weight excluding hydrogens is 287 g/mol. The van der Waals surface area contributed by atoms with E-state index in [1.54, 1.807) is 11.8 Å². The van der Waals surface area contributed by atoms with Crippen LogP contribution in [0.25, 0.3) is 0 Å². The second kappa shape index (κ2) is 5.70. The van der Waals surface area contributed by atoms with Gasteiger partial charge in [-0.1, -0.05) is 18.2 Å². The van der Waals surface area contributed by atoms with Crippen LogP contribution in [-0.4, -0.2) is 17.0 Å². The highest BCUT2D eigenvalue weighted by molar-refractivity contribution is 7.99. The molecule has 2 aromatic carbocycles. The quantitative estimate of drug-likeness (QED) is 0.908. The summed E-state index contributed by atoms with van der Waals surface area (Å²) in [6.45, 7) is 3.66. The summed E-state index contributed by atoms with van der Waals surface area (Å²) in [5, 5.41) is 10.5. The van der Waals surface area contributed by atoms with E-state index in [-0.39, 0.29) is 5.82 Å². The number of aliphatic hydroxyl groups is 1. The van der Waals surface area contributed by atoms with Gasteiger partial charge in [-0.25, -0.2) is 4.39 Å². The standard InChI is InChI=1S/C17H17FO2S/c1-10-7-11(2)16(12(18)8-10)17(19)14-9-21-15-6-4-3-5-13(15)20-14/h3-8,14,17,19H,9H2,1-2H3. The van der Waals surface area contributed by atoms with E-state index in [4.69, 9.17) is 4.74 Å². The molecule has 0 aromatic heterocycles. The lowest BCUT2D eigenvalue weighted by molar-refractivity contribution is 0.0429. The van der Waals surface area contributed by atoms with Gasteiger partial charge < -0.3 is 9.84 Å². The molecule has 2 atom stereocenters. The molecule has 4 heteroatoms. The molecule has 0 saturated carbocycles. The molecule has 0 saturated heterocycles. The second-order valence-electron chi connectivity index (χ2n) is 5.34. The Morgan fingerprint density at radius 3 is 2.81 bits per heavy atom. The number of aryl methyl sites for hydroxylation is 2. The molecule has 0 amide bonds. The Kier molecular flexibility index (Phi) is 3.91. The first-order valence-corrected chi connectivity index (χ1v) is 7.88. The van der Waals surface area contributed by atoms with Gasteiger partial charge in [-0.05, 0) is 43.2 Å². The van der Waals surface area contributed by atoms with Crippen LogP contribution in [-0.2, 0) is 0 Å². The highest BCUT2D eigenvalue weighted by Gasteiger charge is 2.30. The molecule has 0 aliphatic carbocycles. The van der Waals surface area contributed by atoms with Gasteiger partial charge in [0, 0.05) is 16.2 Å². The van der Waals surface area contributed by atoms with Crippen molar-refractivity contribution >= 4 is 11.8 Å². The Morgan fingerprint density at radius 1 is 1.29 bits per heavy atom. The Morgan fingerprint density at radius 2 is 2.05 bits per heavy atom. The Labute approximate surface area is 128 Å². The average Bonchev–Trinajstić information content (AvgIpc) is 2.45. The van der Waals surface area contributed by atoms with E-state index in [1.807, 2.05) is 44.2 Å². The van der Waals surface area contributed by atoms with E-state index in [0.29, 0.717) is 11.3 Å². The third-order valence-corrected chi connectivity index (χ3v) is 4.80. The number of aliphatic hydroxyl groups excluding tert-OH is 1. The Hall–Kier alpha value is -1.52. The van der Waals surface area contributed by atoms with Gasteiger partial charge in [0.15, 0.2) is 0 Å². The van der Waals surface area contributed by atoms with E-state index < -0.39 is 12.2 Å². The lowest BCUT2D eigenvalue weighted by Crippen LogP contribution is -2.31. The average molecular weight is 304 g/mol. The number of thioether (sulfide) groups is 1. The predicted octanol–water partition coefficient (Wildman–Crippen LogP) is 4.03. The number of hydrogen-bond donors (Lipinski definition) is 1. The molecule has 1 aliphatic heterocycles. The molecule has 0 radical (unpaired) electrons. The molecule has 3 rings (SSSR count). The van der Waals surface area contributed by atoms with E-state index in [1.165, 1.54) is 6.07 Å². The third-order valence-electron chi connectivity index (χ3n) is 3.66. The van der Waals surface area contributed by atoms with Crippen molar-refractivity contribution in [1.29, 1.82) is 0 Å². The van der Waals surface area contributed by atoms with Crippen molar-refractivity contribution in [3.8, 4) is 5.75 Å². The summed E-state index contributed by atoms with van der Waals surface area (Å²) in [5.41, 5.74) is 1.95. The Balaban J connectivity index is 1.89. The van der Waals surface area contributed by atoms with Crippen molar-refractivity contribution in [1.82, 2.24) is 0 Å². The maximum absolute atomic E-state index is 14.2. The summed E-state index contributed by atoms with van der Waals surface area (Å²) in [6.07, 6.45) is -1.41. The van der Waals surface area contributed by atoms with Crippen LogP contribution in [0.2, 0.25) is 0 Å². The number of fused-ring (bicyclic) bond motifs is 1. The summed E-state index contributed by atoms with van der Waals surface area (Å²) in [6, 6.07) is 11.0. The molecule has 0 fully saturated rings. The van der Waals surface area contributed by atoms with Crippen molar-refractivity contribution in [2.45, 2.75) is 31.0 Å². The smallest absolute Gasteiger partial charge is 0.138 e. The van der Waals surface area contributed by atoms with Crippen LogP contribution >= 0.6 is 11.8 Å². The molecule has 1 N–H and O–H groups in total. The van der Waals surface area contributed by atoms with Crippen molar-refractivity contribution in [2.75, 3.05) is 5.75 Å². The maximum atomic E-state index is 14.2. The van der Waals surface area contributed by atoms with Crippen molar-refractivity contribution in [3.05, 3.63) is 58.9 Å². The van der Waals surface area contributed by atoms with Crippen LogP contribution < -0.4 is 4.74 Å². The van der Waals surface area contributed by atoms with E-state index >= 15 is 0 Å². The lowest BCUT2D eigenvalue weighted by Gasteiger charge is -2.30. The van der Waals surface area contributed by atoms with Crippen LogP contribution in [0.4, 0.5) is 4.39 Å². The monoisotopic (exact) mass is 304 g/mol. The van der Waals surface area contributed by atoms with Crippen LogP contribution in [0.15, 0.2) is 41.3 Å². The predicted molar refractivity (Wildman–Crippen MR) is 82.4 cm³/mol. The minimum absolute atomic E-state index is 0.339. The van der Waals surface area contributed by atoms with Gasteiger partial charge in [0.05, 0.1) is 0 Å². The van der Waals surface area contributed by atoms with Gasteiger partial charge in [-0.15, -0.1) is 11.8 Å². The largest absolute Gasteiger partial charge is 0.485 e. The van der Waals surface area contributed by atoms with Crippen molar-refractivity contribution in [3.63, 3.8) is 0 Å². The number of halogens is 1. The van der Waals surface area contributed by atoms with Crippen LogP contribution in [0.5, 0.6) is 5.75 Å². The van der Waals surface area contributed by atoms with Crippen molar-refractivity contribution in [2.24, 2.45) is 0 Å². The topological polar surface area (TPSA) is 29.5 Å². The van der Waals surface area contributed by atoms with Crippen LogP contribution in [0.3, 0.4) is 0 Å². The SMILES string of the molecule is Cc1cc(C)c(C(O)C2CSc3ccccc3O2)c(F)c1. The molecule has 2 aromatic rings. The highest BCUT2D eigenvalue weighted by atomic mass is 32.2. The highest BCUT2D eigenvalue weighted by Crippen LogP contribution is 2.39. The fourth-order valence-electron chi connectivity index (χ4n) is 2.68. The molecule has 2 nitrogen and oxygen atoms in total. The van der Waals surface area contributed by atoms with E-state index in [0.717, 1.165) is 21.8 Å². The van der Waals surface area contributed by atoms with Gasteiger partial charge in [0.25, 0.3) is 0 Å². The summed E-state index contributed by atoms with van der Waals surface area (Å²) < 4.78 is 20.0. The van der Waals surface area contributed by atoms with Gasteiger partial charge in [0.1, 0.15) is 23.8 Å². The fraction of sp³-hybridized carbons (Fsp3) is 0.294. The number of rotatable bonds is 2. The van der Waals surface area contributed by atoms with Gasteiger partial charge in [-0.3, -0.25) is 0 Å². The number of ether oxygens (including phenoxy) is 1. The molecule has 2 unspecified atom stereocenters. The zero-order valence-electron chi connectivity index (χ0n) is 12.0. The van der Waals surface area contributed by atoms with Gasteiger partial charge in [0.2, 0.25) is 0 Å². The van der Waals surface area contributed by atoms with Crippen LogP contribution in [0.1, 0.15) is 22.8 Å². The molecule has 110 valence electrons. The fourth-order valence-corrected chi connectivity index (χ4v) is 3.71. The lowest BCUT2D eigenvalue weighted by atomic mass is 9.97. The van der Waals surface area contributed by atoms with Crippen LogP contribution in [0, 0.1) is 19.7 Å². The maximum Gasteiger partial charge on any atom is 0.138 e. The zero-order valence-corrected chi connectivity index (χ0v) is 12.8. The Bertz CT molecular complexity index is 649. The second-order valence-corrected chi connectivity index (χ2v) is 6.40.